The number of fused-ring (bicyclic) bond motifs is 3. The largest absolute Gasteiger partial charge is 0.416 e. The number of benzene rings is 2. The minimum absolute atomic E-state index is 0.0516. The first-order valence-electron chi connectivity index (χ1n) is 14.4. The predicted molar refractivity (Wildman–Crippen MR) is 150 cm³/mol. The van der Waals surface area contributed by atoms with Gasteiger partial charge >= 0.3 is 18.3 Å². The van der Waals surface area contributed by atoms with Crippen LogP contribution >= 0.6 is 0 Å². The van der Waals surface area contributed by atoms with Crippen molar-refractivity contribution in [1.29, 1.82) is 0 Å². The van der Waals surface area contributed by atoms with Crippen molar-refractivity contribution in [3.05, 3.63) is 63.7 Å². The first-order chi connectivity index (χ1) is 20.7. The summed E-state index contributed by atoms with van der Waals surface area (Å²) in [6.07, 6.45) is -8.29. The number of anilines is 1. The van der Waals surface area contributed by atoms with E-state index in [1.165, 1.54) is 4.58 Å². The third kappa shape index (κ3) is 7.80. The van der Waals surface area contributed by atoms with Crippen LogP contribution in [0.5, 0.6) is 0 Å². The van der Waals surface area contributed by atoms with E-state index < -0.39 is 42.5 Å². The number of hydrogen-bond acceptors (Lipinski definition) is 6. The maximum atomic E-state index is 13.7. The van der Waals surface area contributed by atoms with E-state index in [2.05, 4.69) is 15.8 Å². The van der Waals surface area contributed by atoms with Crippen LogP contribution in [-0.4, -0.2) is 53.0 Å². The lowest BCUT2D eigenvalue weighted by Gasteiger charge is -2.33. The van der Waals surface area contributed by atoms with E-state index in [1.807, 2.05) is 12.1 Å². The van der Waals surface area contributed by atoms with Gasteiger partial charge in [-0.1, -0.05) is 12.1 Å². The summed E-state index contributed by atoms with van der Waals surface area (Å²) in [4.78, 5) is 1.76. The Balaban J connectivity index is 1.88. The Hall–Kier alpha value is -3.43. The number of rotatable bonds is 9. The normalized spacial score (nSPS) is 18.7. The summed E-state index contributed by atoms with van der Waals surface area (Å²) in [6, 6.07) is 4.62. The Labute approximate surface area is 251 Å². The van der Waals surface area contributed by atoms with Gasteiger partial charge in [0.25, 0.3) is 0 Å². The number of guanidine groups is 1. The van der Waals surface area contributed by atoms with Crippen LogP contribution < -0.4 is 16.1 Å². The molecule has 9 nitrogen and oxygen atoms in total. The van der Waals surface area contributed by atoms with Gasteiger partial charge in [-0.2, -0.15) is 31.5 Å². The molecule has 1 heterocycles. The average Bonchev–Trinajstić information content (AvgIpc) is 3.33. The minimum Gasteiger partial charge on any atom is -0.394 e. The molecule has 0 spiro atoms. The van der Waals surface area contributed by atoms with Gasteiger partial charge in [0.1, 0.15) is 6.04 Å². The second kappa shape index (κ2) is 13.7. The lowest BCUT2D eigenvalue weighted by Crippen LogP contribution is -2.41. The molecule has 2 aromatic rings. The first-order valence-corrected chi connectivity index (χ1v) is 14.4. The Bertz CT molecular complexity index is 1350. The number of hydrogen-bond donors (Lipinski definition) is 4. The Morgan fingerprint density at radius 3 is 2.39 bits per heavy atom. The second-order valence-corrected chi connectivity index (χ2v) is 11.1. The topological polar surface area (TPSA) is 119 Å². The highest BCUT2D eigenvalue weighted by Gasteiger charge is 2.39. The third-order valence-electron chi connectivity index (χ3n) is 7.59. The smallest absolute Gasteiger partial charge is 0.394 e. The molecule has 0 aromatic heterocycles. The Morgan fingerprint density at radius 1 is 1.09 bits per heavy atom. The Kier molecular flexibility index (Phi) is 10.4. The lowest BCUT2D eigenvalue weighted by molar-refractivity contribution is -0.591. The number of aryl methyl sites for hydroxylation is 1. The number of nitrogens with two attached hydrogens (primary N) is 1. The monoisotopic (exact) mass is 631 g/mol. The van der Waals surface area contributed by atoms with Crippen LogP contribution in [0.4, 0.5) is 32.0 Å². The molecular formula is C29H37F6N6O3+. The van der Waals surface area contributed by atoms with Gasteiger partial charge in [0, 0.05) is 12.1 Å². The van der Waals surface area contributed by atoms with Crippen molar-refractivity contribution < 1.29 is 45.9 Å². The molecule has 0 fully saturated rings. The van der Waals surface area contributed by atoms with Gasteiger partial charge in [-0.15, -0.1) is 5.43 Å². The van der Waals surface area contributed by atoms with E-state index in [1.54, 1.807) is 18.7 Å². The summed E-state index contributed by atoms with van der Waals surface area (Å²) in [5.41, 5.74) is 9.29. The van der Waals surface area contributed by atoms with Crippen LogP contribution in [0.2, 0.25) is 0 Å². The fraction of sp³-hybridized carbons (Fsp3) is 0.552. The highest BCUT2D eigenvalue weighted by Crippen LogP contribution is 2.43. The molecule has 0 radical (unpaired) electrons. The number of halogens is 6. The van der Waals surface area contributed by atoms with Crippen molar-refractivity contribution >= 4 is 11.6 Å². The van der Waals surface area contributed by atoms with E-state index in [0.717, 1.165) is 36.1 Å². The van der Waals surface area contributed by atoms with Crippen LogP contribution in [0, 0.1) is 0 Å². The highest BCUT2D eigenvalue weighted by atomic mass is 19.4. The van der Waals surface area contributed by atoms with E-state index in [9.17, 15) is 31.4 Å². The van der Waals surface area contributed by atoms with Crippen LogP contribution in [0.25, 0.3) is 0 Å². The number of ether oxygens (including phenoxy) is 1. The summed E-state index contributed by atoms with van der Waals surface area (Å²) in [7, 11) is 0. The predicted octanol–water partition coefficient (Wildman–Crippen LogP) is 5.03. The molecule has 1 aliphatic heterocycles. The molecule has 1 aliphatic carbocycles. The van der Waals surface area contributed by atoms with Crippen LogP contribution in [0.15, 0.2) is 40.7 Å². The first kappa shape index (κ1) is 33.5. The molecule has 4 rings (SSSR count). The molecular weight excluding hydrogens is 594 g/mol. The molecule has 0 amide bonds. The number of nitrogens with zero attached hydrogens (tertiary/aromatic N) is 4. The van der Waals surface area contributed by atoms with Crippen LogP contribution in [0.1, 0.15) is 72.5 Å². The SMILES string of the molecule is CC(C)OC(O)N1CCC[C@H]([N+](Cc2cc(C(F)(F)F)cc(C(F)(F)F)c2)=C(N)NN=NCCO)c2ccc3c(c21)CCC3. The molecule has 0 saturated heterocycles. The van der Waals surface area contributed by atoms with Gasteiger partial charge in [-0.3, -0.25) is 10.3 Å². The fourth-order valence-electron chi connectivity index (χ4n) is 5.77. The summed E-state index contributed by atoms with van der Waals surface area (Å²) in [5, 5.41) is 27.5. The zero-order chi connectivity index (χ0) is 32.2. The average molecular weight is 632 g/mol. The lowest BCUT2D eigenvalue weighted by atomic mass is 9.95. The molecule has 2 aromatic carbocycles. The number of aliphatic hydroxyl groups excluding tert-OH is 2. The van der Waals surface area contributed by atoms with Crippen molar-refractivity contribution in [2.24, 2.45) is 16.1 Å². The zero-order valence-electron chi connectivity index (χ0n) is 24.4. The minimum atomic E-state index is -5.02. The maximum Gasteiger partial charge on any atom is 0.416 e. The molecule has 0 saturated carbocycles. The van der Waals surface area contributed by atoms with E-state index in [-0.39, 0.29) is 36.8 Å². The van der Waals surface area contributed by atoms with Gasteiger partial charge in [-0.05, 0) is 86.1 Å². The number of alkyl halides is 6. The molecule has 242 valence electrons. The van der Waals surface area contributed by atoms with Gasteiger partial charge in [0.05, 0.1) is 42.6 Å². The van der Waals surface area contributed by atoms with Gasteiger partial charge in [0.2, 0.25) is 6.41 Å². The highest BCUT2D eigenvalue weighted by molar-refractivity contribution is 5.72. The van der Waals surface area contributed by atoms with Crippen molar-refractivity contribution in [1.82, 2.24) is 5.43 Å². The molecule has 44 heavy (non-hydrogen) atoms. The standard InChI is InChI=1S/C29H36F6N6O3/c1-17(2)44-27(43)40-11-4-7-24(23-9-8-19-5-3-6-22(19)25(23)40)41(26(36)38-39-37-10-12-42)16-18-13-20(28(30,31)32)15-21(14-18)29(33,34)35/h8-9,13-15,17,24,27,42-43H,3-7,10-12,16H2,1-2H3,(H2,36,37,38)/p+1/t24-,27?/m0/s1. The van der Waals surface area contributed by atoms with Crippen molar-refractivity contribution in [2.75, 3.05) is 24.6 Å². The van der Waals surface area contributed by atoms with Crippen molar-refractivity contribution in [3.63, 3.8) is 0 Å². The molecule has 2 atom stereocenters. The third-order valence-corrected chi connectivity index (χ3v) is 7.59. The summed E-state index contributed by atoms with van der Waals surface area (Å²) in [6.45, 7) is 3.18. The van der Waals surface area contributed by atoms with Crippen LogP contribution in [-0.2, 0) is 36.5 Å². The number of aliphatic hydroxyl groups is 2. The van der Waals surface area contributed by atoms with Crippen molar-refractivity contribution in [3.8, 4) is 0 Å². The maximum absolute atomic E-state index is 13.7. The van der Waals surface area contributed by atoms with Gasteiger partial charge in [0.15, 0.2) is 0 Å². The van der Waals surface area contributed by atoms with Crippen LogP contribution in [0.3, 0.4) is 0 Å². The zero-order valence-corrected chi connectivity index (χ0v) is 24.4. The summed E-state index contributed by atoms with van der Waals surface area (Å²) < 4.78 is 89.4. The number of nitrogens with one attached hydrogen (secondary N) is 1. The quantitative estimate of drug-likeness (QED) is 0.0587. The molecule has 0 bridgehead atoms. The van der Waals surface area contributed by atoms with Gasteiger partial charge in [-0.25, -0.2) is 0 Å². The van der Waals surface area contributed by atoms with Crippen molar-refractivity contribution in [2.45, 2.75) is 83.4 Å². The van der Waals surface area contributed by atoms with E-state index in [0.29, 0.717) is 37.1 Å². The summed E-state index contributed by atoms with van der Waals surface area (Å²) in [5.74, 6) is -0.165. The second-order valence-electron chi connectivity index (χ2n) is 11.1. The van der Waals surface area contributed by atoms with Gasteiger partial charge < -0.3 is 19.8 Å². The molecule has 15 heteroatoms. The molecule has 1 unspecified atom stereocenters. The molecule has 5 N–H and O–H groups in total. The van der Waals surface area contributed by atoms with E-state index in [4.69, 9.17) is 15.6 Å². The molecule has 2 aliphatic rings. The fourth-order valence-corrected chi connectivity index (χ4v) is 5.77. The summed E-state index contributed by atoms with van der Waals surface area (Å²) >= 11 is 0. The Morgan fingerprint density at radius 2 is 1.77 bits per heavy atom. The van der Waals surface area contributed by atoms with E-state index >= 15 is 0 Å².